The first-order chi connectivity index (χ1) is 13.2. The van der Waals surface area contributed by atoms with E-state index in [1.165, 1.54) is 0 Å². The van der Waals surface area contributed by atoms with E-state index < -0.39 is 48.2 Å². The third kappa shape index (κ3) is 3.16. The van der Waals surface area contributed by atoms with E-state index in [0.717, 1.165) is 24.7 Å². The minimum absolute atomic E-state index is 0.0850. The van der Waals surface area contributed by atoms with Crippen LogP contribution in [0.1, 0.15) is 20.1 Å². The number of terminal acetylenes is 1. The molecule has 148 valence electrons. The highest BCUT2D eigenvalue weighted by Gasteiger charge is 2.60. The zero-order valence-electron chi connectivity index (χ0n) is 14.8. The third-order valence-electron chi connectivity index (χ3n) is 4.08. The second kappa shape index (κ2) is 6.93. The van der Waals surface area contributed by atoms with E-state index in [0.29, 0.717) is 0 Å². The number of alkyl halides is 1. The van der Waals surface area contributed by atoms with Gasteiger partial charge in [0.05, 0.1) is 6.33 Å². The zero-order valence-corrected chi connectivity index (χ0v) is 14.8. The average Bonchev–Trinajstić information content (AvgIpc) is 3.13. The summed E-state index contributed by atoms with van der Waals surface area (Å²) in [6.45, 7) is 1.81. The van der Waals surface area contributed by atoms with E-state index in [1.807, 2.05) is 5.92 Å². The fraction of sp³-hybridized carbons (Fsp3) is 0.438. The lowest BCUT2D eigenvalue weighted by Gasteiger charge is -2.26. The highest BCUT2D eigenvalue weighted by molar-refractivity contribution is 5.71. The van der Waals surface area contributed by atoms with Gasteiger partial charge in [-0.05, 0) is 0 Å². The molecule has 1 unspecified atom stereocenters. The van der Waals surface area contributed by atoms with E-state index >= 15 is 4.39 Å². The number of esters is 2. The van der Waals surface area contributed by atoms with Crippen LogP contribution in [0.5, 0.6) is 0 Å². The number of carbonyl (C=O) groups is 2. The van der Waals surface area contributed by atoms with E-state index in [4.69, 9.17) is 26.4 Å². The topological polar surface area (TPSA) is 151 Å². The minimum atomic E-state index is -2.68. The lowest BCUT2D eigenvalue weighted by atomic mass is 9.96. The van der Waals surface area contributed by atoms with Gasteiger partial charge in [-0.15, -0.1) is 6.42 Å². The van der Waals surface area contributed by atoms with E-state index in [1.54, 1.807) is 0 Å². The Bertz CT molecular complexity index is 1040. The van der Waals surface area contributed by atoms with Gasteiger partial charge in [-0.2, -0.15) is 4.98 Å². The van der Waals surface area contributed by atoms with Crippen LogP contribution in [0.15, 0.2) is 11.1 Å². The molecule has 0 spiro atoms. The van der Waals surface area contributed by atoms with Gasteiger partial charge in [0.1, 0.15) is 12.7 Å². The Kier molecular flexibility index (Phi) is 4.78. The van der Waals surface area contributed by atoms with Gasteiger partial charge in [0.2, 0.25) is 5.95 Å². The van der Waals surface area contributed by atoms with Crippen molar-refractivity contribution in [3.05, 3.63) is 16.7 Å². The van der Waals surface area contributed by atoms with Crippen molar-refractivity contribution in [2.75, 3.05) is 12.3 Å². The first-order valence-corrected chi connectivity index (χ1v) is 8.02. The number of ether oxygens (including phenoxy) is 3. The number of halogens is 1. The van der Waals surface area contributed by atoms with Crippen LogP contribution in [0.4, 0.5) is 10.3 Å². The average molecular weight is 393 g/mol. The summed E-state index contributed by atoms with van der Waals surface area (Å²) in [5, 5.41) is 0. The number of rotatable bonds is 4. The smallest absolute Gasteiger partial charge is 0.303 e. The molecule has 28 heavy (non-hydrogen) atoms. The minimum Gasteiger partial charge on any atom is -0.463 e. The molecule has 1 aliphatic rings. The van der Waals surface area contributed by atoms with Crippen LogP contribution in [0.3, 0.4) is 0 Å². The number of H-pyrrole nitrogens is 1. The summed E-state index contributed by atoms with van der Waals surface area (Å²) >= 11 is 0. The summed E-state index contributed by atoms with van der Waals surface area (Å²) < 4.78 is 32.4. The number of fused-ring (bicyclic) bond motifs is 1. The van der Waals surface area contributed by atoms with Gasteiger partial charge >= 0.3 is 11.9 Å². The van der Waals surface area contributed by atoms with E-state index in [2.05, 4.69) is 15.0 Å². The van der Waals surface area contributed by atoms with Crippen LogP contribution in [-0.4, -0.2) is 55.9 Å². The van der Waals surface area contributed by atoms with Crippen LogP contribution in [0.25, 0.3) is 11.2 Å². The Balaban J connectivity index is 2.09. The number of nitrogen functional groups attached to an aromatic ring is 1. The molecule has 3 heterocycles. The van der Waals surface area contributed by atoms with Crippen molar-refractivity contribution in [2.45, 2.75) is 38.0 Å². The van der Waals surface area contributed by atoms with Crippen molar-refractivity contribution in [1.82, 2.24) is 19.5 Å². The summed E-state index contributed by atoms with van der Waals surface area (Å²) in [6, 6.07) is 0. The van der Waals surface area contributed by atoms with Crippen molar-refractivity contribution in [1.29, 1.82) is 0 Å². The van der Waals surface area contributed by atoms with Gasteiger partial charge in [-0.3, -0.25) is 23.9 Å². The molecule has 0 aliphatic carbocycles. The highest BCUT2D eigenvalue weighted by atomic mass is 19.1. The third-order valence-corrected chi connectivity index (χ3v) is 4.08. The molecular formula is C16H16FN5O6. The summed E-state index contributed by atoms with van der Waals surface area (Å²) in [5.41, 5.74) is 2.02. The van der Waals surface area contributed by atoms with Crippen molar-refractivity contribution in [2.24, 2.45) is 0 Å². The lowest BCUT2D eigenvalue weighted by molar-refractivity contribution is -0.157. The molecule has 0 aromatic carbocycles. The fourth-order valence-electron chi connectivity index (χ4n) is 2.95. The summed E-state index contributed by atoms with van der Waals surface area (Å²) in [6.07, 6.45) is 2.12. The molecule has 0 bridgehead atoms. The Hall–Kier alpha value is -3.46. The first kappa shape index (κ1) is 19.3. The predicted molar refractivity (Wildman–Crippen MR) is 91.3 cm³/mol. The standard InChI is InChI=1S/C16H16FN5O6/c1-4-16(17)11(27-8(3)24)9(5-26-7(2)23)28-14(16)22-6-19-10-12(22)20-15(18)21-13(10)25/h1,6,9,11,14H,5H2,2-3H3,(H3,18,20,21,25)/t9-,11?,14-,16+/m1/s1. The normalized spacial score (nSPS) is 26.7. The molecule has 1 aliphatic heterocycles. The molecule has 12 heteroatoms. The largest absolute Gasteiger partial charge is 0.463 e. The van der Waals surface area contributed by atoms with Crippen molar-refractivity contribution < 1.29 is 28.2 Å². The summed E-state index contributed by atoms with van der Waals surface area (Å²) in [7, 11) is 0. The molecule has 1 saturated heterocycles. The molecule has 3 rings (SSSR count). The van der Waals surface area contributed by atoms with Crippen LogP contribution < -0.4 is 11.3 Å². The van der Waals surface area contributed by atoms with Crippen molar-refractivity contribution in [3.8, 4) is 12.3 Å². The van der Waals surface area contributed by atoms with Crippen LogP contribution in [0, 0.1) is 12.3 Å². The molecule has 0 saturated carbocycles. The van der Waals surface area contributed by atoms with Gasteiger partial charge in [0.25, 0.3) is 11.2 Å². The van der Waals surface area contributed by atoms with Gasteiger partial charge in [-0.25, -0.2) is 9.37 Å². The van der Waals surface area contributed by atoms with Crippen LogP contribution in [0.2, 0.25) is 0 Å². The molecule has 0 radical (unpaired) electrons. The molecule has 2 aromatic heterocycles. The Morgan fingerprint density at radius 2 is 2.21 bits per heavy atom. The van der Waals surface area contributed by atoms with E-state index in [9.17, 15) is 14.4 Å². The van der Waals surface area contributed by atoms with Gasteiger partial charge in [-0.1, -0.05) is 5.92 Å². The lowest BCUT2D eigenvalue weighted by Crippen LogP contribution is -2.45. The second-order valence-electron chi connectivity index (χ2n) is 6.05. The number of imidazole rings is 1. The number of anilines is 1. The summed E-state index contributed by atoms with van der Waals surface area (Å²) in [4.78, 5) is 44.6. The molecular weight excluding hydrogens is 377 g/mol. The molecule has 2 aromatic rings. The number of nitrogens with zero attached hydrogens (tertiary/aromatic N) is 3. The molecule has 1 fully saturated rings. The van der Waals surface area contributed by atoms with Gasteiger partial charge < -0.3 is 19.9 Å². The maximum Gasteiger partial charge on any atom is 0.303 e. The van der Waals surface area contributed by atoms with Crippen molar-refractivity contribution >= 4 is 29.1 Å². The molecule has 0 amide bonds. The highest BCUT2D eigenvalue weighted by Crippen LogP contribution is 2.44. The zero-order chi connectivity index (χ0) is 20.6. The van der Waals surface area contributed by atoms with Crippen LogP contribution in [-0.2, 0) is 23.8 Å². The summed E-state index contributed by atoms with van der Waals surface area (Å²) in [5.74, 6) is 0.259. The number of aromatic amines is 1. The Morgan fingerprint density at radius 1 is 1.50 bits per heavy atom. The Labute approximate surface area is 157 Å². The monoisotopic (exact) mass is 393 g/mol. The number of hydrogen-bond donors (Lipinski definition) is 2. The second-order valence-corrected chi connectivity index (χ2v) is 6.05. The quantitative estimate of drug-likeness (QED) is 0.514. The SMILES string of the molecule is C#C[C@]1(F)C(OC(C)=O)[C@@H](COC(C)=O)O[C@H]1n1cnc2c(=O)[nH]c(N)nc21. The number of nitrogens with one attached hydrogen (secondary N) is 1. The Morgan fingerprint density at radius 3 is 2.82 bits per heavy atom. The first-order valence-electron chi connectivity index (χ1n) is 8.02. The van der Waals surface area contributed by atoms with Gasteiger partial charge in [0, 0.05) is 13.8 Å². The molecule has 4 atom stereocenters. The van der Waals surface area contributed by atoms with E-state index in [-0.39, 0.29) is 17.1 Å². The molecule has 11 nitrogen and oxygen atoms in total. The van der Waals surface area contributed by atoms with Crippen molar-refractivity contribution in [3.63, 3.8) is 0 Å². The van der Waals surface area contributed by atoms with Gasteiger partial charge in [0.15, 0.2) is 23.5 Å². The maximum atomic E-state index is 15.8. The fourth-order valence-corrected chi connectivity index (χ4v) is 2.95. The predicted octanol–water partition coefficient (Wildman–Crippen LogP) is -0.564. The maximum absolute atomic E-state index is 15.8. The molecule has 3 N–H and O–H groups in total. The number of carbonyl (C=O) groups excluding carboxylic acids is 2. The number of aromatic nitrogens is 4. The number of hydrogen-bond acceptors (Lipinski definition) is 9. The number of nitrogens with two attached hydrogens (primary N) is 1. The van der Waals surface area contributed by atoms with Crippen LogP contribution >= 0.6 is 0 Å².